The van der Waals surface area contributed by atoms with E-state index in [0.29, 0.717) is 22.7 Å². The van der Waals surface area contributed by atoms with Crippen molar-refractivity contribution in [2.75, 3.05) is 17.4 Å². The van der Waals surface area contributed by atoms with Crippen LogP contribution in [0, 0.1) is 5.82 Å². The van der Waals surface area contributed by atoms with Gasteiger partial charge in [-0.1, -0.05) is 0 Å². The highest BCUT2D eigenvalue weighted by atomic mass is 32.2. The molecule has 1 amide bonds. The number of amides is 1. The lowest BCUT2D eigenvalue weighted by Crippen LogP contribution is -2.41. The van der Waals surface area contributed by atoms with Gasteiger partial charge in [0.05, 0.1) is 11.8 Å². The minimum absolute atomic E-state index is 0.0816. The largest absolute Gasteiger partial charge is 0.454 e. The second kappa shape index (κ2) is 6.14. The van der Waals surface area contributed by atoms with E-state index in [1.54, 1.807) is 18.2 Å². The summed E-state index contributed by atoms with van der Waals surface area (Å²) in [7, 11) is -3.38. The second-order valence-electron chi connectivity index (χ2n) is 5.95. The molecule has 134 valence electrons. The number of halogens is 1. The smallest absolute Gasteiger partial charge is 0.258 e. The Morgan fingerprint density at radius 1 is 1.08 bits per heavy atom. The summed E-state index contributed by atoms with van der Waals surface area (Å²) in [5.41, 5.74) is 0.720. The van der Waals surface area contributed by atoms with Crippen LogP contribution in [-0.2, 0) is 9.84 Å². The van der Waals surface area contributed by atoms with E-state index < -0.39 is 27.6 Å². The number of carbonyl (C=O) groups excluding carboxylic acids is 1. The van der Waals surface area contributed by atoms with Crippen molar-refractivity contribution in [3.05, 3.63) is 65.3 Å². The SMILES string of the molecule is O=C(c1ccc2c(c1)OCO2)N(c1ccc(F)cc1)[C@@H]1C=CS(=O)(=O)C1. The monoisotopic (exact) mass is 375 g/mol. The summed E-state index contributed by atoms with van der Waals surface area (Å²) in [6, 6.07) is 9.42. The maximum absolute atomic E-state index is 13.3. The molecule has 4 rings (SSSR count). The Bertz CT molecular complexity index is 1000. The van der Waals surface area contributed by atoms with E-state index in [9.17, 15) is 17.6 Å². The molecule has 1 atom stereocenters. The molecule has 0 bridgehead atoms. The molecule has 0 unspecified atom stereocenters. The molecule has 2 aliphatic rings. The summed E-state index contributed by atoms with van der Waals surface area (Å²) in [5, 5.41) is 1.10. The van der Waals surface area contributed by atoms with E-state index in [-0.39, 0.29) is 12.5 Å². The maximum Gasteiger partial charge on any atom is 0.258 e. The van der Waals surface area contributed by atoms with Gasteiger partial charge in [0.2, 0.25) is 6.79 Å². The van der Waals surface area contributed by atoms with Crippen LogP contribution in [0.5, 0.6) is 11.5 Å². The van der Waals surface area contributed by atoms with Gasteiger partial charge in [0, 0.05) is 16.7 Å². The zero-order valence-corrected chi connectivity index (χ0v) is 14.3. The molecule has 0 aliphatic carbocycles. The standard InChI is InChI=1S/C18H14FNO5S/c19-13-2-4-14(5-3-13)20(15-7-8-26(22,23)10-15)18(21)12-1-6-16-17(9-12)25-11-24-16/h1-9,15H,10-11H2/t15-/m1/s1. The van der Waals surface area contributed by atoms with Crippen LogP contribution >= 0.6 is 0 Å². The number of carbonyl (C=O) groups is 1. The van der Waals surface area contributed by atoms with Crippen molar-refractivity contribution in [2.45, 2.75) is 6.04 Å². The fourth-order valence-corrected chi connectivity index (χ4v) is 4.22. The molecule has 0 fully saturated rings. The van der Waals surface area contributed by atoms with Gasteiger partial charge < -0.3 is 14.4 Å². The summed E-state index contributed by atoms with van der Waals surface area (Å²) in [6.07, 6.45) is 1.46. The topological polar surface area (TPSA) is 72.9 Å². The molecule has 0 radical (unpaired) electrons. The summed E-state index contributed by atoms with van der Waals surface area (Å²) < 4.78 is 47.5. The van der Waals surface area contributed by atoms with E-state index >= 15 is 0 Å². The number of benzene rings is 2. The Labute approximate surface area is 149 Å². The second-order valence-corrected chi connectivity index (χ2v) is 7.88. The Morgan fingerprint density at radius 2 is 1.81 bits per heavy atom. The minimum Gasteiger partial charge on any atom is -0.454 e. The first-order valence-electron chi connectivity index (χ1n) is 7.83. The molecular formula is C18H14FNO5S. The molecule has 2 heterocycles. The highest BCUT2D eigenvalue weighted by molar-refractivity contribution is 7.94. The number of hydrogen-bond donors (Lipinski definition) is 0. The molecule has 0 aromatic heterocycles. The highest BCUT2D eigenvalue weighted by Crippen LogP contribution is 2.34. The Kier molecular flexibility index (Phi) is 3.91. The molecule has 26 heavy (non-hydrogen) atoms. The van der Waals surface area contributed by atoms with Gasteiger partial charge in [-0.15, -0.1) is 0 Å². The molecule has 2 aromatic carbocycles. The summed E-state index contributed by atoms with van der Waals surface area (Å²) >= 11 is 0. The first-order valence-corrected chi connectivity index (χ1v) is 9.54. The first kappa shape index (κ1) is 16.6. The van der Waals surface area contributed by atoms with Gasteiger partial charge in [-0.05, 0) is 48.5 Å². The van der Waals surface area contributed by atoms with E-state index in [2.05, 4.69) is 0 Å². The average molecular weight is 375 g/mol. The van der Waals surface area contributed by atoms with Crippen molar-refractivity contribution < 1.29 is 27.1 Å². The zero-order valence-electron chi connectivity index (χ0n) is 13.5. The minimum atomic E-state index is -3.38. The fourth-order valence-electron chi connectivity index (χ4n) is 2.95. The highest BCUT2D eigenvalue weighted by Gasteiger charge is 2.32. The molecule has 8 heteroatoms. The number of anilines is 1. The Hall–Kier alpha value is -2.87. The number of ether oxygens (including phenoxy) is 2. The molecular weight excluding hydrogens is 361 g/mol. The van der Waals surface area contributed by atoms with Crippen LogP contribution in [0.1, 0.15) is 10.4 Å². The van der Waals surface area contributed by atoms with Crippen molar-refractivity contribution in [3.63, 3.8) is 0 Å². The normalized spacial score (nSPS) is 19.5. The molecule has 0 spiro atoms. The van der Waals surface area contributed by atoms with Gasteiger partial charge in [0.15, 0.2) is 21.3 Å². The molecule has 6 nitrogen and oxygen atoms in total. The van der Waals surface area contributed by atoms with Crippen LogP contribution in [0.15, 0.2) is 53.9 Å². The average Bonchev–Trinajstić information content (AvgIpc) is 3.22. The first-order chi connectivity index (χ1) is 12.4. The lowest BCUT2D eigenvalue weighted by Gasteiger charge is -2.28. The third kappa shape index (κ3) is 3.03. The van der Waals surface area contributed by atoms with Crippen molar-refractivity contribution in [2.24, 2.45) is 0 Å². The van der Waals surface area contributed by atoms with E-state index in [0.717, 1.165) is 5.41 Å². The fraction of sp³-hybridized carbons (Fsp3) is 0.167. The van der Waals surface area contributed by atoms with E-state index in [4.69, 9.17) is 9.47 Å². The van der Waals surface area contributed by atoms with Crippen molar-refractivity contribution in [3.8, 4) is 11.5 Å². The van der Waals surface area contributed by atoms with Gasteiger partial charge in [-0.25, -0.2) is 12.8 Å². The molecule has 0 saturated heterocycles. The predicted octanol–water partition coefficient (Wildman–Crippen LogP) is 2.51. The third-order valence-electron chi connectivity index (χ3n) is 4.19. The lowest BCUT2D eigenvalue weighted by molar-refractivity contribution is 0.0982. The van der Waals surface area contributed by atoms with Crippen molar-refractivity contribution >= 4 is 21.4 Å². The zero-order chi connectivity index (χ0) is 18.3. The van der Waals surface area contributed by atoms with Crippen LogP contribution in [0.4, 0.5) is 10.1 Å². The van der Waals surface area contributed by atoms with Crippen molar-refractivity contribution in [1.29, 1.82) is 0 Å². The number of fused-ring (bicyclic) bond motifs is 1. The van der Waals surface area contributed by atoms with E-state index in [1.165, 1.54) is 35.2 Å². The third-order valence-corrected chi connectivity index (χ3v) is 5.56. The van der Waals surface area contributed by atoms with Gasteiger partial charge in [0.1, 0.15) is 5.82 Å². The number of nitrogens with zero attached hydrogens (tertiary/aromatic N) is 1. The summed E-state index contributed by atoms with van der Waals surface area (Å²) in [5.74, 6) is -0.0936. The molecule has 2 aromatic rings. The molecule has 0 N–H and O–H groups in total. The maximum atomic E-state index is 13.3. The lowest BCUT2D eigenvalue weighted by atomic mass is 10.1. The van der Waals surface area contributed by atoms with Gasteiger partial charge in [0.25, 0.3) is 5.91 Å². The quantitative estimate of drug-likeness (QED) is 0.824. The number of rotatable bonds is 3. The van der Waals surface area contributed by atoms with Crippen molar-refractivity contribution in [1.82, 2.24) is 0 Å². The number of sulfone groups is 1. The van der Waals surface area contributed by atoms with Crippen LogP contribution in [-0.4, -0.2) is 32.9 Å². The molecule has 2 aliphatic heterocycles. The summed E-state index contributed by atoms with van der Waals surface area (Å²) in [4.78, 5) is 14.5. The van der Waals surface area contributed by atoms with Crippen LogP contribution in [0.2, 0.25) is 0 Å². The Balaban J connectivity index is 1.74. The van der Waals surface area contributed by atoms with Gasteiger partial charge >= 0.3 is 0 Å². The van der Waals surface area contributed by atoms with E-state index in [1.807, 2.05) is 0 Å². The van der Waals surface area contributed by atoms with Crippen LogP contribution in [0.25, 0.3) is 0 Å². The molecule has 0 saturated carbocycles. The summed E-state index contributed by atoms with van der Waals surface area (Å²) in [6.45, 7) is 0.0816. The Morgan fingerprint density at radius 3 is 2.50 bits per heavy atom. The van der Waals surface area contributed by atoms with Crippen LogP contribution in [0.3, 0.4) is 0 Å². The predicted molar refractivity (Wildman–Crippen MR) is 92.5 cm³/mol. The number of hydrogen-bond acceptors (Lipinski definition) is 5. The van der Waals surface area contributed by atoms with Gasteiger partial charge in [-0.2, -0.15) is 0 Å². The van der Waals surface area contributed by atoms with Gasteiger partial charge in [-0.3, -0.25) is 4.79 Å². The van der Waals surface area contributed by atoms with Crippen LogP contribution < -0.4 is 14.4 Å².